The minimum Gasteiger partial charge on any atom is -0.207 e. The van der Waals surface area contributed by atoms with Gasteiger partial charge in [0.2, 0.25) is 0 Å². The molecule has 2 aliphatic carbocycles. The molecule has 0 aliphatic heterocycles. The standard InChI is InChI=1S/C21H28F2/c1-2-3-4-5-15-6-7-17-11-18(9-8-16(17)10-15)19-12-20(22)14-21(23)13-19/h2-3,12-18H,4-11H2,1H3. The highest BCUT2D eigenvalue weighted by atomic mass is 19.1. The van der Waals surface area contributed by atoms with E-state index >= 15 is 0 Å². The maximum atomic E-state index is 13.5. The van der Waals surface area contributed by atoms with Crippen molar-refractivity contribution in [1.29, 1.82) is 0 Å². The Hall–Kier alpha value is -1.18. The van der Waals surface area contributed by atoms with Crippen LogP contribution < -0.4 is 0 Å². The first-order valence-corrected chi connectivity index (χ1v) is 9.23. The van der Waals surface area contributed by atoms with E-state index in [2.05, 4.69) is 19.1 Å². The van der Waals surface area contributed by atoms with E-state index in [0.717, 1.165) is 42.2 Å². The zero-order chi connectivity index (χ0) is 16.2. The molecule has 4 unspecified atom stereocenters. The first kappa shape index (κ1) is 16.7. The van der Waals surface area contributed by atoms with Crippen molar-refractivity contribution in [1.82, 2.24) is 0 Å². The Balaban J connectivity index is 1.58. The van der Waals surface area contributed by atoms with Gasteiger partial charge in [-0.2, -0.15) is 0 Å². The fourth-order valence-electron chi connectivity index (χ4n) is 4.86. The zero-order valence-corrected chi connectivity index (χ0v) is 14.1. The van der Waals surface area contributed by atoms with Crippen molar-refractivity contribution < 1.29 is 8.78 Å². The number of halogens is 2. The van der Waals surface area contributed by atoms with Gasteiger partial charge in [0, 0.05) is 6.07 Å². The van der Waals surface area contributed by atoms with Gasteiger partial charge in [-0.1, -0.05) is 18.6 Å². The number of benzene rings is 1. The summed E-state index contributed by atoms with van der Waals surface area (Å²) in [5, 5.41) is 0. The maximum absolute atomic E-state index is 13.5. The molecule has 0 heterocycles. The van der Waals surface area contributed by atoms with E-state index < -0.39 is 11.6 Å². The van der Waals surface area contributed by atoms with Crippen LogP contribution in [-0.4, -0.2) is 0 Å². The molecular weight excluding hydrogens is 290 g/mol. The van der Waals surface area contributed by atoms with Gasteiger partial charge in [-0.05, 0) is 93.2 Å². The second-order valence-electron chi connectivity index (χ2n) is 7.56. The Morgan fingerprint density at radius 2 is 1.65 bits per heavy atom. The average molecular weight is 318 g/mol. The molecule has 4 atom stereocenters. The third-order valence-electron chi connectivity index (χ3n) is 6.06. The van der Waals surface area contributed by atoms with Gasteiger partial charge in [0.1, 0.15) is 11.6 Å². The van der Waals surface area contributed by atoms with E-state index in [4.69, 9.17) is 0 Å². The molecule has 0 nitrogen and oxygen atoms in total. The van der Waals surface area contributed by atoms with Gasteiger partial charge in [0.05, 0.1) is 0 Å². The summed E-state index contributed by atoms with van der Waals surface area (Å²) in [5.41, 5.74) is 0.871. The van der Waals surface area contributed by atoms with Crippen LogP contribution >= 0.6 is 0 Å². The van der Waals surface area contributed by atoms with Crippen LogP contribution in [0, 0.1) is 29.4 Å². The third-order valence-corrected chi connectivity index (χ3v) is 6.06. The van der Waals surface area contributed by atoms with Crippen molar-refractivity contribution in [3.63, 3.8) is 0 Å². The first-order valence-electron chi connectivity index (χ1n) is 9.23. The van der Waals surface area contributed by atoms with E-state index in [0.29, 0.717) is 5.92 Å². The molecule has 2 fully saturated rings. The van der Waals surface area contributed by atoms with Crippen molar-refractivity contribution in [3.05, 3.63) is 47.5 Å². The first-order chi connectivity index (χ1) is 11.2. The van der Waals surface area contributed by atoms with Gasteiger partial charge < -0.3 is 0 Å². The lowest BCUT2D eigenvalue weighted by Gasteiger charge is -2.42. The summed E-state index contributed by atoms with van der Waals surface area (Å²) >= 11 is 0. The lowest BCUT2D eigenvalue weighted by atomic mass is 9.63. The fourth-order valence-corrected chi connectivity index (χ4v) is 4.86. The number of hydrogen-bond acceptors (Lipinski definition) is 0. The SMILES string of the molecule is CC=CCCC1CCC2CC(c3cc(F)cc(F)c3)CCC2C1. The molecule has 2 heteroatoms. The van der Waals surface area contributed by atoms with E-state index in [9.17, 15) is 8.78 Å². The van der Waals surface area contributed by atoms with Gasteiger partial charge in [-0.3, -0.25) is 0 Å². The molecular formula is C21H28F2. The topological polar surface area (TPSA) is 0 Å². The highest BCUT2D eigenvalue weighted by Crippen LogP contribution is 2.48. The molecule has 0 bridgehead atoms. The average Bonchev–Trinajstić information content (AvgIpc) is 2.53. The Morgan fingerprint density at radius 1 is 0.957 bits per heavy atom. The van der Waals surface area contributed by atoms with Crippen LogP contribution in [0.2, 0.25) is 0 Å². The van der Waals surface area contributed by atoms with Crippen LogP contribution in [0.5, 0.6) is 0 Å². The molecule has 0 amide bonds. The lowest BCUT2D eigenvalue weighted by molar-refractivity contribution is 0.115. The molecule has 2 aliphatic rings. The van der Waals surface area contributed by atoms with Gasteiger partial charge in [0.25, 0.3) is 0 Å². The fraction of sp³-hybridized carbons (Fsp3) is 0.619. The molecule has 1 aromatic rings. The number of rotatable bonds is 4. The second-order valence-corrected chi connectivity index (χ2v) is 7.56. The quantitative estimate of drug-likeness (QED) is 0.547. The maximum Gasteiger partial charge on any atom is 0.126 e. The van der Waals surface area contributed by atoms with E-state index in [-0.39, 0.29) is 0 Å². The molecule has 2 saturated carbocycles. The molecule has 0 N–H and O–H groups in total. The summed E-state index contributed by atoms with van der Waals surface area (Å²) < 4.78 is 26.9. The molecule has 126 valence electrons. The minimum atomic E-state index is -0.435. The van der Waals surface area contributed by atoms with E-state index in [1.807, 2.05) is 0 Å². The summed E-state index contributed by atoms with van der Waals surface area (Å²) in [4.78, 5) is 0. The zero-order valence-electron chi connectivity index (χ0n) is 14.1. The third kappa shape index (κ3) is 4.22. The number of fused-ring (bicyclic) bond motifs is 1. The summed E-state index contributed by atoms with van der Waals surface area (Å²) in [6, 6.07) is 4.05. The van der Waals surface area contributed by atoms with Gasteiger partial charge in [0.15, 0.2) is 0 Å². The summed E-state index contributed by atoms with van der Waals surface area (Å²) in [5.74, 6) is 1.97. The van der Waals surface area contributed by atoms with E-state index in [1.165, 1.54) is 50.7 Å². The Labute approximate surface area is 139 Å². The van der Waals surface area contributed by atoms with Crippen LogP contribution in [0.25, 0.3) is 0 Å². The minimum absolute atomic E-state index is 0.348. The van der Waals surface area contributed by atoms with Crippen LogP contribution in [0.3, 0.4) is 0 Å². The highest BCUT2D eigenvalue weighted by Gasteiger charge is 2.35. The van der Waals surface area contributed by atoms with Crippen molar-refractivity contribution in [2.24, 2.45) is 17.8 Å². The number of allylic oxidation sites excluding steroid dienone is 2. The van der Waals surface area contributed by atoms with E-state index in [1.54, 1.807) is 0 Å². The molecule has 23 heavy (non-hydrogen) atoms. The molecule has 0 radical (unpaired) electrons. The summed E-state index contributed by atoms with van der Waals surface area (Å²) in [7, 11) is 0. The van der Waals surface area contributed by atoms with Crippen LogP contribution in [-0.2, 0) is 0 Å². The molecule has 0 saturated heterocycles. The molecule has 1 aromatic carbocycles. The Bertz CT molecular complexity index is 529. The van der Waals surface area contributed by atoms with Crippen LogP contribution in [0.15, 0.2) is 30.4 Å². The molecule has 0 spiro atoms. The van der Waals surface area contributed by atoms with Crippen molar-refractivity contribution >= 4 is 0 Å². The molecule has 0 aromatic heterocycles. The summed E-state index contributed by atoms with van der Waals surface area (Å²) in [6.07, 6.45) is 14.4. The van der Waals surface area contributed by atoms with Crippen LogP contribution in [0.1, 0.15) is 69.8 Å². The van der Waals surface area contributed by atoms with Crippen molar-refractivity contribution in [3.8, 4) is 0 Å². The molecule has 3 rings (SSSR count). The summed E-state index contributed by atoms with van der Waals surface area (Å²) in [6.45, 7) is 2.09. The second kappa shape index (κ2) is 7.59. The van der Waals surface area contributed by atoms with Crippen molar-refractivity contribution in [2.75, 3.05) is 0 Å². The smallest absolute Gasteiger partial charge is 0.126 e. The van der Waals surface area contributed by atoms with Gasteiger partial charge in [-0.25, -0.2) is 8.78 Å². The van der Waals surface area contributed by atoms with Crippen molar-refractivity contribution in [2.45, 2.75) is 64.2 Å². The van der Waals surface area contributed by atoms with Crippen LogP contribution in [0.4, 0.5) is 8.78 Å². The largest absolute Gasteiger partial charge is 0.207 e. The highest BCUT2D eigenvalue weighted by molar-refractivity contribution is 5.22. The lowest BCUT2D eigenvalue weighted by Crippen LogP contribution is -2.30. The number of hydrogen-bond donors (Lipinski definition) is 0. The Kier molecular flexibility index (Phi) is 5.50. The normalized spacial score (nSPS) is 31.3. The predicted octanol–water partition coefficient (Wildman–Crippen LogP) is 6.62. The monoisotopic (exact) mass is 318 g/mol. The van der Waals surface area contributed by atoms with Gasteiger partial charge in [-0.15, -0.1) is 0 Å². The van der Waals surface area contributed by atoms with Gasteiger partial charge >= 0.3 is 0 Å². The Morgan fingerprint density at radius 3 is 2.39 bits per heavy atom. The predicted molar refractivity (Wildman–Crippen MR) is 91.3 cm³/mol.